The number of rotatable bonds is 3. The summed E-state index contributed by atoms with van der Waals surface area (Å²) in [5, 5.41) is 20.5. The highest BCUT2D eigenvalue weighted by atomic mass is 79.9. The molecule has 0 unspecified atom stereocenters. The monoisotopic (exact) mass is 344 g/mol. The molecule has 5 nitrogen and oxygen atoms in total. The maximum atomic E-state index is 12.1. The van der Waals surface area contributed by atoms with Crippen LogP contribution in [0.15, 0.2) is 46.9 Å². The fraction of sp³-hybridized carbons (Fsp3) is 0. The van der Waals surface area contributed by atoms with Crippen molar-refractivity contribution < 1.29 is 14.7 Å². The molecule has 1 amide bonds. The molecule has 21 heavy (non-hydrogen) atoms. The molecule has 0 heterocycles. The van der Waals surface area contributed by atoms with Gasteiger partial charge in [-0.25, -0.2) is 4.79 Å². The third-order valence-corrected chi connectivity index (χ3v) is 3.22. The highest BCUT2D eigenvalue weighted by Gasteiger charge is 2.12. The Hall–Kier alpha value is -2.65. The van der Waals surface area contributed by atoms with Gasteiger partial charge in [-0.3, -0.25) is 4.79 Å². The van der Waals surface area contributed by atoms with E-state index in [1.54, 1.807) is 18.2 Å². The number of nitrogens with one attached hydrogen (secondary N) is 1. The SMILES string of the molecule is N#Cc1ccc(Br)cc1NC(=O)c1cccc(C(=O)O)c1. The molecule has 0 radical (unpaired) electrons. The molecular weight excluding hydrogens is 336 g/mol. The summed E-state index contributed by atoms with van der Waals surface area (Å²) in [6.45, 7) is 0. The topological polar surface area (TPSA) is 90.2 Å². The second kappa shape index (κ2) is 6.20. The molecule has 2 rings (SSSR count). The molecule has 0 fully saturated rings. The maximum absolute atomic E-state index is 12.1. The summed E-state index contributed by atoms with van der Waals surface area (Å²) in [5.41, 5.74) is 0.912. The van der Waals surface area contributed by atoms with Crippen LogP contribution in [0.5, 0.6) is 0 Å². The summed E-state index contributed by atoms with van der Waals surface area (Å²) in [4.78, 5) is 23.0. The van der Waals surface area contributed by atoms with Crippen molar-refractivity contribution in [2.75, 3.05) is 5.32 Å². The molecule has 0 saturated carbocycles. The minimum absolute atomic E-state index is 0.0254. The van der Waals surface area contributed by atoms with Crippen molar-refractivity contribution >= 4 is 33.5 Å². The molecule has 0 spiro atoms. The van der Waals surface area contributed by atoms with Gasteiger partial charge in [0.1, 0.15) is 6.07 Å². The van der Waals surface area contributed by atoms with Crippen LogP contribution in [-0.2, 0) is 0 Å². The molecule has 2 aromatic rings. The lowest BCUT2D eigenvalue weighted by Gasteiger charge is -2.08. The number of carboxylic acid groups (broad SMARTS) is 1. The number of hydrogen-bond donors (Lipinski definition) is 2. The molecule has 2 aromatic carbocycles. The van der Waals surface area contributed by atoms with Gasteiger partial charge in [-0.05, 0) is 36.4 Å². The Morgan fingerprint density at radius 1 is 1.14 bits per heavy atom. The zero-order valence-electron chi connectivity index (χ0n) is 10.6. The van der Waals surface area contributed by atoms with Gasteiger partial charge in [0.25, 0.3) is 5.91 Å². The van der Waals surface area contributed by atoms with E-state index in [2.05, 4.69) is 21.2 Å². The van der Waals surface area contributed by atoms with Gasteiger partial charge in [0.2, 0.25) is 0 Å². The first-order chi connectivity index (χ1) is 10.0. The lowest BCUT2D eigenvalue weighted by molar-refractivity contribution is 0.0697. The van der Waals surface area contributed by atoms with Crippen LogP contribution >= 0.6 is 15.9 Å². The van der Waals surface area contributed by atoms with E-state index in [0.29, 0.717) is 11.3 Å². The fourth-order valence-electron chi connectivity index (χ4n) is 1.71. The second-order valence-corrected chi connectivity index (χ2v) is 5.06. The number of halogens is 1. The van der Waals surface area contributed by atoms with Crippen LogP contribution in [0.4, 0.5) is 5.69 Å². The van der Waals surface area contributed by atoms with Crippen molar-refractivity contribution in [2.45, 2.75) is 0 Å². The van der Waals surface area contributed by atoms with Crippen LogP contribution < -0.4 is 5.32 Å². The number of aromatic carboxylic acids is 1. The molecule has 0 saturated heterocycles. The molecule has 2 N–H and O–H groups in total. The van der Waals surface area contributed by atoms with Gasteiger partial charge in [0.05, 0.1) is 16.8 Å². The Morgan fingerprint density at radius 2 is 1.86 bits per heavy atom. The van der Waals surface area contributed by atoms with Gasteiger partial charge < -0.3 is 10.4 Å². The normalized spacial score (nSPS) is 9.71. The Balaban J connectivity index is 2.30. The molecular formula is C15H9BrN2O3. The number of nitrogens with zero attached hydrogens (tertiary/aromatic N) is 1. The van der Waals surface area contributed by atoms with Gasteiger partial charge in [0.15, 0.2) is 0 Å². The van der Waals surface area contributed by atoms with Gasteiger partial charge in [-0.2, -0.15) is 5.26 Å². The van der Waals surface area contributed by atoms with Crippen LogP contribution in [0.1, 0.15) is 26.3 Å². The van der Waals surface area contributed by atoms with E-state index in [1.807, 2.05) is 6.07 Å². The lowest BCUT2D eigenvalue weighted by atomic mass is 10.1. The summed E-state index contributed by atoms with van der Waals surface area (Å²) in [5.74, 6) is -1.59. The Bertz CT molecular complexity index is 766. The first-order valence-corrected chi connectivity index (χ1v) is 6.65. The van der Waals surface area contributed by atoms with Gasteiger partial charge in [-0.15, -0.1) is 0 Å². The van der Waals surface area contributed by atoms with E-state index in [-0.39, 0.29) is 11.1 Å². The van der Waals surface area contributed by atoms with E-state index >= 15 is 0 Å². The molecule has 0 aliphatic carbocycles. The number of carboxylic acids is 1. The predicted molar refractivity (Wildman–Crippen MR) is 80.2 cm³/mol. The number of benzene rings is 2. The van der Waals surface area contributed by atoms with Crippen molar-refractivity contribution in [1.82, 2.24) is 0 Å². The van der Waals surface area contributed by atoms with Gasteiger partial charge >= 0.3 is 5.97 Å². The van der Waals surface area contributed by atoms with Gasteiger partial charge in [-0.1, -0.05) is 22.0 Å². The van der Waals surface area contributed by atoms with E-state index in [1.165, 1.54) is 24.3 Å². The first-order valence-electron chi connectivity index (χ1n) is 5.85. The molecule has 6 heteroatoms. The van der Waals surface area contributed by atoms with E-state index in [9.17, 15) is 9.59 Å². The van der Waals surface area contributed by atoms with Crippen LogP contribution in [-0.4, -0.2) is 17.0 Å². The standard InChI is InChI=1S/C15H9BrN2O3/c16-12-5-4-11(8-17)13(7-12)18-14(19)9-2-1-3-10(6-9)15(20)21/h1-7H,(H,18,19)(H,20,21). The van der Waals surface area contributed by atoms with Crippen molar-refractivity contribution in [3.05, 3.63) is 63.6 Å². The zero-order valence-corrected chi connectivity index (χ0v) is 12.2. The second-order valence-electron chi connectivity index (χ2n) is 4.14. The van der Waals surface area contributed by atoms with Crippen LogP contribution in [0.2, 0.25) is 0 Å². The van der Waals surface area contributed by atoms with Crippen LogP contribution in [0, 0.1) is 11.3 Å². The third-order valence-electron chi connectivity index (χ3n) is 2.72. The molecule has 104 valence electrons. The number of anilines is 1. The predicted octanol–water partition coefficient (Wildman–Crippen LogP) is 3.27. The quantitative estimate of drug-likeness (QED) is 0.893. The Labute approximate surface area is 129 Å². The summed E-state index contributed by atoms with van der Waals surface area (Å²) in [6, 6.07) is 12.5. The minimum atomic E-state index is -1.11. The average molecular weight is 345 g/mol. The Morgan fingerprint density at radius 3 is 2.52 bits per heavy atom. The number of carbonyl (C=O) groups is 2. The maximum Gasteiger partial charge on any atom is 0.335 e. The fourth-order valence-corrected chi connectivity index (χ4v) is 2.07. The van der Waals surface area contributed by atoms with Crippen molar-refractivity contribution in [3.63, 3.8) is 0 Å². The van der Waals surface area contributed by atoms with E-state index < -0.39 is 11.9 Å². The summed E-state index contributed by atoms with van der Waals surface area (Å²) < 4.78 is 0.719. The average Bonchev–Trinajstić information content (AvgIpc) is 2.47. The molecule has 0 aromatic heterocycles. The smallest absolute Gasteiger partial charge is 0.335 e. The number of carbonyl (C=O) groups excluding carboxylic acids is 1. The molecule has 0 atom stereocenters. The lowest BCUT2D eigenvalue weighted by Crippen LogP contribution is -2.13. The number of amides is 1. The molecule has 0 bridgehead atoms. The minimum Gasteiger partial charge on any atom is -0.478 e. The molecule has 0 aliphatic heterocycles. The zero-order chi connectivity index (χ0) is 15.4. The highest BCUT2D eigenvalue weighted by Crippen LogP contribution is 2.21. The van der Waals surface area contributed by atoms with Crippen LogP contribution in [0.3, 0.4) is 0 Å². The van der Waals surface area contributed by atoms with Crippen molar-refractivity contribution in [2.24, 2.45) is 0 Å². The van der Waals surface area contributed by atoms with Gasteiger partial charge in [0, 0.05) is 10.0 Å². The Kier molecular flexibility index (Phi) is 4.36. The number of hydrogen-bond acceptors (Lipinski definition) is 3. The summed E-state index contributed by atoms with van der Waals surface area (Å²) in [6.07, 6.45) is 0. The summed E-state index contributed by atoms with van der Waals surface area (Å²) in [7, 11) is 0. The summed E-state index contributed by atoms with van der Waals surface area (Å²) >= 11 is 3.26. The molecule has 0 aliphatic rings. The first kappa shape index (κ1) is 14.8. The largest absolute Gasteiger partial charge is 0.478 e. The van der Waals surface area contributed by atoms with Crippen LogP contribution in [0.25, 0.3) is 0 Å². The van der Waals surface area contributed by atoms with E-state index in [0.717, 1.165) is 4.47 Å². The number of nitriles is 1. The van der Waals surface area contributed by atoms with Crippen molar-refractivity contribution in [3.8, 4) is 6.07 Å². The third kappa shape index (κ3) is 3.46. The van der Waals surface area contributed by atoms with Crippen molar-refractivity contribution in [1.29, 1.82) is 5.26 Å². The highest BCUT2D eigenvalue weighted by molar-refractivity contribution is 9.10. The van der Waals surface area contributed by atoms with E-state index in [4.69, 9.17) is 10.4 Å².